The molecule has 0 spiro atoms. The van der Waals surface area contributed by atoms with Gasteiger partial charge in [-0.3, -0.25) is 4.79 Å². The maximum absolute atomic E-state index is 13.1. The zero-order valence-corrected chi connectivity index (χ0v) is 14.8. The molecule has 4 nitrogen and oxygen atoms in total. The van der Waals surface area contributed by atoms with Crippen molar-refractivity contribution in [3.63, 3.8) is 0 Å². The van der Waals surface area contributed by atoms with E-state index in [1.54, 1.807) is 18.3 Å². The maximum atomic E-state index is 13.1. The molecule has 1 aliphatic carbocycles. The van der Waals surface area contributed by atoms with Crippen LogP contribution in [0.15, 0.2) is 58.6 Å². The monoisotopic (exact) mass is 351 g/mol. The summed E-state index contributed by atoms with van der Waals surface area (Å²) >= 11 is 1.54. The Hall–Kier alpha value is -2.66. The summed E-state index contributed by atoms with van der Waals surface area (Å²) in [4.78, 5) is 26.7. The second-order valence-electron chi connectivity index (χ2n) is 6.00. The number of hydrogen-bond acceptors (Lipinski definition) is 5. The van der Waals surface area contributed by atoms with E-state index in [1.807, 2.05) is 48.7 Å². The van der Waals surface area contributed by atoms with Crippen molar-refractivity contribution in [1.29, 1.82) is 0 Å². The van der Waals surface area contributed by atoms with Gasteiger partial charge in [0.05, 0.1) is 23.8 Å². The minimum Gasteiger partial charge on any atom is -0.463 e. The molecule has 1 N–H and O–H groups in total. The number of esters is 1. The fourth-order valence-electron chi connectivity index (χ4n) is 3.55. The molecule has 25 heavy (non-hydrogen) atoms. The van der Waals surface area contributed by atoms with Crippen molar-refractivity contribution in [3.05, 3.63) is 74.6 Å². The molecular formula is C20H17NO3S. The molecule has 0 unspecified atom stereocenters. The molecule has 1 aromatic carbocycles. The molecule has 0 bridgehead atoms. The first-order valence-electron chi connectivity index (χ1n) is 8.20. The number of thiophene rings is 1. The highest BCUT2D eigenvalue weighted by Gasteiger charge is 2.43. The Labute approximate surface area is 149 Å². The van der Waals surface area contributed by atoms with Crippen LogP contribution in [0.25, 0.3) is 5.70 Å². The fourth-order valence-corrected chi connectivity index (χ4v) is 4.39. The van der Waals surface area contributed by atoms with Crippen LogP contribution in [0.2, 0.25) is 0 Å². The third kappa shape index (κ3) is 2.35. The summed E-state index contributed by atoms with van der Waals surface area (Å²) < 4.78 is 5.27. The van der Waals surface area contributed by atoms with Crippen molar-refractivity contribution >= 4 is 28.8 Å². The van der Waals surface area contributed by atoms with Crippen LogP contribution in [0.5, 0.6) is 0 Å². The first kappa shape index (κ1) is 15.8. The van der Waals surface area contributed by atoms with Crippen LogP contribution in [0.3, 0.4) is 0 Å². The lowest BCUT2D eigenvalue weighted by Gasteiger charge is -2.28. The Morgan fingerprint density at radius 3 is 2.64 bits per heavy atom. The molecule has 0 saturated heterocycles. The van der Waals surface area contributed by atoms with Gasteiger partial charge in [0.2, 0.25) is 0 Å². The zero-order chi connectivity index (χ0) is 17.6. The van der Waals surface area contributed by atoms with Gasteiger partial charge in [-0.2, -0.15) is 0 Å². The topological polar surface area (TPSA) is 55.4 Å². The number of carbonyl (C=O) groups is 2. The number of nitrogens with one attached hydrogen (secondary N) is 1. The highest BCUT2D eigenvalue weighted by Crippen LogP contribution is 2.47. The highest BCUT2D eigenvalue weighted by atomic mass is 32.1. The molecule has 0 amide bonds. The molecule has 2 aliphatic rings. The van der Waals surface area contributed by atoms with Gasteiger partial charge in [-0.05, 0) is 25.3 Å². The van der Waals surface area contributed by atoms with Crippen molar-refractivity contribution in [3.8, 4) is 0 Å². The number of allylic oxidation sites excluding steroid dienone is 2. The number of ether oxygens (including phenoxy) is 1. The van der Waals surface area contributed by atoms with Crippen molar-refractivity contribution in [2.75, 3.05) is 6.61 Å². The molecule has 1 aromatic heterocycles. The lowest BCUT2D eigenvalue weighted by molar-refractivity contribution is -0.138. The minimum absolute atomic E-state index is 0.0224. The number of dihydropyridines is 1. The summed E-state index contributed by atoms with van der Waals surface area (Å²) in [7, 11) is 0. The van der Waals surface area contributed by atoms with Gasteiger partial charge in [-0.25, -0.2) is 4.79 Å². The van der Waals surface area contributed by atoms with Gasteiger partial charge in [0, 0.05) is 27.3 Å². The lowest BCUT2D eigenvalue weighted by Crippen LogP contribution is -2.29. The number of benzene rings is 1. The number of hydrogen-bond donors (Lipinski definition) is 1. The summed E-state index contributed by atoms with van der Waals surface area (Å²) in [5.41, 5.74) is 4.27. The number of fused-ring (bicyclic) bond motifs is 2. The van der Waals surface area contributed by atoms with Gasteiger partial charge in [0.15, 0.2) is 5.78 Å². The maximum Gasteiger partial charge on any atom is 0.336 e. The zero-order valence-electron chi connectivity index (χ0n) is 14.0. The largest absolute Gasteiger partial charge is 0.463 e. The van der Waals surface area contributed by atoms with Gasteiger partial charge in [-0.1, -0.05) is 30.3 Å². The Kier molecular flexibility index (Phi) is 3.81. The summed E-state index contributed by atoms with van der Waals surface area (Å²) in [5.74, 6) is -0.790. The summed E-state index contributed by atoms with van der Waals surface area (Å²) in [5, 5.41) is 5.25. The van der Waals surface area contributed by atoms with E-state index in [0.29, 0.717) is 23.3 Å². The Morgan fingerprint density at radius 2 is 1.96 bits per heavy atom. The SMILES string of the molecule is CCOC(=O)C1=C(C)NC2=C(C(=O)c3ccccc32)[C@H]1c1cccs1. The van der Waals surface area contributed by atoms with E-state index < -0.39 is 5.92 Å². The van der Waals surface area contributed by atoms with E-state index in [-0.39, 0.29) is 11.8 Å². The quantitative estimate of drug-likeness (QED) is 0.853. The second kappa shape index (κ2) is 6.01. The molecule has 0 fully saturated rings. The number of ketones is 1. The molecule has 126 valence electrons. The predicted octanol–water partition coefficient (Wildman–Crippen LogP) is 3.88. The normalized spacial score (nSPS) is 18.8. The van der Waals surface area contributed by atoms with E-state index in [2.05, 4.69) is 5.32 Å². The smallest absolute Gasteiger partial charge is 0.336 e. The van der Waals surface area contributed by atoms with Gasteiger partial charge in [0.25, 0.3) is 0 Å². The Balaban J connectivity index is 1.91. The Morgan fingerprint density at radius 1 is 1.20 bits per heavy atom. The second-order valence-corrected chi connectivity index (χ2v) is 6.98. The third-order valence-corrected chi connectivity index (χ3v) is 5.51. The highest BCUT2D eigenvalue weighted by molar-refractivity contribution is 7.10. The molecule has 1 atom stereocenters. The van der Waals surface area contributed by atoms with Crippen LogP contribution in [0, 0.1) is 0 Å². The van der Waals surface area contributed by atoms with Crippen molar-refractivity contribution in [1.82, 2.24) is 5.32 Å². The average molecular weight is 351 g/mol. The van der Waals surface area contributed by atoms with Crippen molar-refractivity contribution in [2.24, 2.45) is 0 Å². The standard InChI is InChI=1S/C20H17NO3S/c1-3-24-20(23)15-11(2)21-18-12-7-4-5-8-13(12)19(22)17(18)16(15)14-9-6-10-25-14/h4-10,16,21H,3H2,1-2H3/t16-/m0/s1. The first-order chi connectivity index (χ1) is 12.1. The van der Waals surface area contributed by atoms with Crippen LogP contribution in [0.1, 0.15) is 40.6 Å². The van der Waals surface area contributed by atoms with E-state index in [9.17, 15) is 9.59 Å². The average Bonchev–Trinajstić information content (AvgIpc) is 3.22. The molecule has 4 rings (SSSR count). The molecule has 0 saturated carbocycles. The van der Waals surface area contributed by atoms with Gasteiger partial charge >= 0.3 is 5.97 Å². The molecule has 0 radical (unpaired) electrons. The summed E-state index contributed by atoms with van der Waals surface area (Å²) in [6.07, 6.45) is 0. The first-order valence-corrected chi connectivity index (χ1v) is 9.08. The third-order valence-electron chi connectivity index (χ3n) is 4.57. The minimum atomic E-state index is -0.393. The van der Waals surface area contributed by atoms with E-state index in [1.165, 1.54) is 0 Å². The fraction of sp³-hybridized carbons (Fsp3) is 0.200. The van der Waals surface area contributed by atoms with Gasteiger partial charge in [-0.15, -0.1) is 11.3 Å². The van der Waals surface area contributed by atoms with E-state index in [4.69, 9.17) is 4.74 Å². The summed E-state index contributed by atoms with van der Waals surface area (Å²) in [6.45, 7) is 3.94. The van der Waals surface area contributed by atoms with E-state index >= 15 is 0 Å². The van der Waals surface area contributed by atoms with Crippen molar-refractivity contribution in [2.45, 2.75) is 19.8 Å². The van der Waals surface area contributed by atoms with Crippen LogP contribution in [-0.4, -0.2) is 18.4 Å². The number of rotatable bonds is 3. The van der Waals surface area contributed by atoms with Gasteiger partial charge in [0.1, 0.15) is 0 Å². The van der Waals surface area contributed by atoms with Crippen LogP contribution in [0.4, 0.5) is 0 Å². The molecule has 2 aromatic rings. The predicted molar refractivity (Wildman–Crippen MR) is 97.2 cm³/mol. The molecule has 1 aliphatic heterocycles. The van der Waals surface area contributed by atoms with E-state index in [0.717, 1.165) is 21.8 Å². The van der Waals surface area contributed by atoms with Gasteiger partial charge < -0.3 is 10.1 Å². The lowest BCUT2D eigenvalue weighted by atomic mass is 9.83. The van der Waals surface area contributed by atoms with Crippen LogP contribution >= 0.6 is 11.3 Å². The van der Waals surface area contributed by atoms with Crippen LogP contribution in [-0.2, 0) is 9.53 Å². The van der Waals surface area contributed by atoms with Crippen molar-refractivity contribution < 1.29 is 14.3 Å². The summed E-state index contributed by atoms with van der Waals surface area (Å²) in [6, 6.07) is 11.5. The number of Topliss-reactive ketones (excluding diaryl/α,β-unsaturated/α-hetero) is 1. The Bertz CT molecular complexity index is 938. The number of carbonyl (C=O) groups excluding carboxylic acids is 2. The molecular weight excluding hydrogens is 334 g/mol. The molecule has 5 heteroatoms. The molecule has 2 heterocycles. The van der Waals surface area contributed by atoms with Crippen LogP contribution < -0.4 is 5.32 Å².